The summed E-state index contributed by atoms with van der Waals surface area (Å²) < 4.78 is 1.83. The first-order valence-electron chi connectivity index (χ1n) is 10.7. The molecule has 34 heavy (non-hydrogen) atoms. The van der Waals surface area contributed by atoms with Crippen LogP contribution in [0.1, 0.15) is 21.6 Å². The van der Waals surface area contributed by atoms with E-state index in [0.717, 1.165) is 32.9 Å². The predicted molar refractivity (Wildman–Crippen MR) is 137 cm³/mol. The van der Waals surface area contributed by atoms with Gasteiger partial charge in [0.15, 0.2) is 0 Å². The van der Waals surface area contributed by atoms with Crippen molar-refractivity contribution in [2.24, 2.45) is 5.73 Å². The van der Waals surface area contributed by atoms with Crippen molar-refractivity contribution in [3.05, 3.63) is 102 Å². The van der Waals surface area contributed by atoms with Crippen molar-refractivity contribution in [1.29, 1.82) is 5.41 Å². The maximum absolute atomic E-state index is 13.4. The van der Waals surface area contributed by atoms with Crippen molar-refractivity contribution in [2.45, 2.75) is 6.61 Å². The third kappa shape index (κ3) is 3.74. The van der Waals surface area contributed by atoms with Crippen molar-refractivity contribution in [1.82, 2.24) is 4.57 Å². The lowest BCUT2D eigenvalue weighted by atomic mass is 10.0. The molecule has 0 aliphatic carbocycles. The van der Waals surface area contributed by atoms with E-state index in [1.165, 1.54) is 0 Å². The van der Waals surface area contributed by atoms with Gasteiger partial charge in [0.25, 0.3) is 5.91 Å². The van der Waals surface area contributed by atoms with Gasteiger partial charge in [-0.05, 0) is 64.9 Å². The van der Waals surface area contributed by atoms with E-state index in [1.807, 2.05) is 47.0 Å². The summed E-state index contributed by atoms with van der Waals surface area (Å²) in [7, 11) is 0. The molecule has 5 rings (SSSR count). The number of benzene rings is 4. The highest BCUT2D eigenvalue weighted by molar-refractivity contribution is 6.08. The number of nitrogens with one attached hydrogen (secondary N) is 2. The molecule has 1 aromatic heterocycles. The Balaban J connectivity index is 1.74. The van der Waals surface area contributed by atoms with Crippen LogP contribution in [0.25, 0.3) is 27.4 Å². The van der Waals surface area contributed by atoms with Crippen LogP contribution in [0, 0.1) is 5.41 Å². The second-order valence-electron chi connectivity index (χ2n) is 8.11. The normalized spacial score (nSPS) is 11.1. The number of amidine groups is 1. The summed E-state index contributed by atoms with van der Waals surface area (Å²) in [6.45, 7) is -0.140. The molecule has 0 spiro atoms. The number of aromatic nitrogens is 1. The van der Waals surface area contributed by atoms with Crippen LogP contribution in [0.5, 0.6) is 0 Å². The average Bonchev–Trinajstić information content (AvgIpc) is 3.23. The Morgan fingerprint density at radius 3 is 2.44 bits per heavy atom. The number of hydrogen-bond acceptors (Lipinski definition) is 4. The molecule has 0 saturated heterocycles. The summed E-state index contributed by atoms with van der Waals surface area (Å²) in [5.41, 5.74) is 15.9. The zero-order valence-electron chi connectivity index (χ0n) is 18.2. The smallest absolute Gasteiger partial charge is 0.272 e. The number of carbonyl (C=O) groups excluding carboxylic acids is 1. The minimum absolute atomic E-state index is 0.0583. The molecule has 168 valence electrons. The van der Waals surface area contributed by atoms with Crippen LogP contribution >= 0.6 is 0 Å². The first kappa shape index (κ1) is 21.2. The number of carbonyl (C=O) groups is 1. The summed E-state index contributed by atoms with van der Waals surface area (Å²) in [4.78, 5) is 13.4. The van der Waals surface area contributed by atoms with Gasteiger partial charge in [-0.3, -0.25) is 10.2 Å². The fourth-order valence-electron chi connectivity index (χ4n) is 4.21. The summed E-state index contributed by atoms with van der Waals surface area (Å²) in [6, 6.07) is 25.8. The largest absolute Gasteiger partial charge is 0.399 e. The highest BCUT2D eigenvalue weighted by Gasteiger charge is 2.19. The summed E-state index contributed by atoms with van der Waals surface area (Å²) >= 11 is 0. The molecule has 7 nitrogen and oxygen atoms in total. The first-order valence-corrected chi connectivity index (χ1v) is 10.7. The van der Waals surface area contributed by atoms with E-state index in [-0.39, 0.29) is 18.3 Å². The quantitative estimate of drug-likeness (QED) is 0.155. The van der Waals surface area contributed by atoms with E-state index >= 15 is 0 Å². The van der Waals surface area contributed by atoms with Crippen molar-refractivity contribution in [2.75, 3.05) is 11.1 Å². The SMILES string of the molecule is N=C(N)c1ccc2cc(C(=O)Nc3ccc(N)cc3)n(-c3cc(CO)c4ccccc4c3)c2c1. The Kier molecular flexibility index (Phi) is 5.24. The minimum Gasteiger partial charge on any atom is -0.399 e. The van der Waals surface area contributed by atoms with Gasteiger partial charge in [0.1, 0.15) is 11.5 Å². The van der Waals surface area contributed by atoms with Gasteiger partial charge in [-0.2, -0.15) is 0 Å². The van der Waals surface area contributed by atoms with E-state index in [4.69, 9.17) is 16.9 Å². The molecular weight excluding hydrogens is 426 g/mol. The van der Waals surface area contributed by atoms with Gasteiger partial charge in [-0.15, -0.1) is 0 Å². The number of nitrogens with two attached hydrogens (primary N) is 2. The minimum atomic E-state index is -0.302. The number of fused-ring (bicyclic) bond motifs is 2. The number of rotatable bonds is 5. The van der Waals surface area contributed by atoms with Gasteiger partial charge in [-0.1, -0.05) is 36.4 Å². The van der Waals surface area contributed by atoms with Crippen LogP contribution in [0.3, 0.4) is 0 Å². The maximum atomic E-state index is 13.4. The van der Waals surface area contributed by atoms with Crippen LogP contribution in [0.2, 0.25) is 0 Å². The van der Waals surface area contributed by atoms with E-state index in [0.29, 0.717) is 22.6 Å². The second-order valence-corrected chi connectivity index (χ2v) is 8.11. The Bertz CT molecular complexity index is 1570. The fraction of sp³-hybridized carbons (Fsp3) is 0.0370. The fourth-order valence-corrected chi connectivity index (χ4v) is 4.21. The lowest BCUT2D eigenvalue weighted by Gasteiger charge is -2.15. The van der Waals surface area contributed by atoms with Gasteiger partial charge in [-0.25, -0.2) is 0 Å². The van der Waals surface area contributed by atoms with Crippen LogP contribution in [0.15, 0.2) is 84.9 Å². The molecule has 7 heteroatoms. The number of amides is 1. The molecule has 0 unspecified atom stereocenters. The summed E-state index contributed by atoms with van der Waals surface area (Å²) in [5, 5.41) is 23.5. The van der Waals surface area contributed by atoms with Gasteiger partial charge in [0, 0.05) is 28.0 Å². The number of aliphatic hydroxyl groups is 1. The number of hydrogen-bond donors (Lipinski definition) is 5. The lowest BCUT2D eigenvalue weighted by Crippen LogP contribution is -2.16. The van der Waals surface area contributed by atoms with Gasteiger partial charge < -0.3 is 26.5 Å². The molecule has 0 aliphatic rings. The van der Waals surface area contributed by atoms with E-state index in [2.05, 4.69) is 5.32 Å². The molecule has 7 N–H and O–H groups in total. The van der Waals surface area contributed by atoms with Crippen molar-refractivity contribution in [3.8, 4) is 5.69 Å². The van der Waals surface area contributed by atoms with Crippen LogP contribution in [-0.4, -0.2) is 21.4 Å². The van der Waals surface area contributed by atoms with Gasteiger partial charge in [0.2, 0.25) is 0 Å². The molecule has 4 aromatic carbocycles. The third-order valence-electron chi connectivity index (χ3n) is 5.88. The molecule has 0 aliphatic heterocycles. The van der Waals surface area contributed by atoms with Gasteiger partial charge >= 0.3 is 0 Å². The number of nitrogen functional groups attached to an aromatic ring is 2. The standard InChI is InChI=1S/C27H23N5O2/c28-20-7-9-21(10-8-20)31-27(34)25-13-17-5-6-18(26(29)30)14-24(17)32(25)22-11-16-3-1-2-4-23(16)19(12-22)15-33/h1-14,33H,15,28H2,(H3,29,30)(H,31,34). The second kappa shape index (κ2) is 8.38. The first-order chi connectivity index (χ1) is 16.4. The topological polar surface area (TPSA) is 130 Å². The molecule has 0 bridgehead atoms. The zero-order chi connectivity index (χ0) is 23.8. The third-order valence-corrected chi connectivity index (χ3v) is 5.88. The van der Waals surface area contributed by atoms with E-state index in [1.54, 1.807) is 42.5 Å². The highest BCUT2D eigenvalue weighted by Crippen LogP contribution is 2.30. The number of nitrogens with zero attached hydrogens (tertiary/aromatic N) is 1. The molecule has 5 aromatic rings. The van der Waals surface area contributed by atoms with Crippen molar-refractivity contribution >= 4 is 44.8 Å². The molecular formula is C27H23N5O2. The van der Waals surface area contributed by atoms with E-state index in [9.17, 15) is 9.90 Å². The van der Waals surface area contributed by atoms with E-state index < -0.39 is 0 Å². The van der Waals surface area contributed by atoms with Crippen molar-refractivity contribution < 1.29 is 9.90 Å². The Morgan fingerprint density at radius 1 is 0.941 bits per heavy atom. The molecule has 0 radical (unpaired) electrons. The lowest BCUT2D eigenvalue weighted by molar-refractivity contribution is 0.102. The highest BCUT2D eigenvalue weighted by atomic mass is 16.3. The summed E-state index contributed by atoms with van der Waals surface area (Å²) in [6.07, 6.45) is 0. The maximum Gasteiger partial charge on any atom is 0.272 e. The molecule has 0 fully saturated rings. The predicted octanol–water partition coefficient (Wildman–Crippen LogP) is 4.39. The molecule has 1 heterocycles. The van der Waals surface area contributed by atoms with Crippen LogP contribution < -0.4 is 16.8 Å². The Labute approximate surface area is 195 Å². The van der Waals surface area contributed by atoms with Crippen LogP contribution in [0.4, 0.5) is 11.4 Å². The summed E-state index contributed by atoms with van der Waals surface area (Å²) in [5.74, 6) is -0.360. The number of aliphatic hydroxyl groups excluding tert-OH is 1. The van der Waals surface area contributed by atoms with Crippen LogP contribution in [-0.2, 0) is 6.61 Å². The Morgan fingerprint density at radius 2 is 1.71 bits per heavy atom. The average molecular weight is 450 g/mol. The molecule has 1 amide bonds. The van der Waals surface area contributed by atoms with Gasteiger partial charge in [0.05, 0.1) is 12.1 Å². The monoisotopic (exact) mass is 449 g/mol. The molecule has 0 saturated carbocycles. The van der Waals surface area contributed by atoms with Crippen molar-refractivity contribution in [3.63, 3.8) is 0 Å². The molecule has 0 atom stereocenters. The number of anilines is 2. The zero-order valence-corrected chi connectivity index (χ0v) is 18.2. The Hall–Kier alpha value is -4.62.